The molecule has 0 rings (SSSR count). The molecule has 0 aromatic heterocycles. The minimum Gasteiger partial charge on any atom is -0.325 e. The molecular weight excluding hydrogens is 180 g/mol. The Labute approximate surface area is 83.1 Å². The maximum absolute atomic E-state index is 11.4. The van der Waals surface area contributed by atoms with Gasteiger partial charge in [0.1, 0.15) is 0 Å². The lowest BCUT2D eigenvalue weighted by Gasteiger charge is -2.13. The fourth-order valence-corrected chi connectivity index (χ4v) is 0.742. The summed E-state index contributed by atoms with van der Waals surface area (Å²) in [6, 6.07) is 0. The second-order valence-corrected chi connectivity index (χ2v) is 2.50. The molecule has 0 unspecified atom stereocenters. The summed E-state index contributed by atoms with van der Waals surface area (Å²) in [4.78, 5) is 12.6. The van der Waals surface area contributed by atoms with Gasteiger partial charge in [-0.1, -0.05) is 12.7 Å². The van der Waals surface area contributed by atoms with Crippen molar-refractivity contribution in [2.75, 3.05) is 0 Å². The molecule has 0 aromatic rings. The summed E-state index contributed by atoms with van der Waals surface area (Å²) in [7, 11) is 0. The van der Waals surface area contributed by atoms with E-state index >= 15 is 0 Å². The Kier molecular flexibility index (Phi) is 4.91. The van der Waals surface area contributed by atoms with E-state index in [9.17, 15) is 4.79 Å². The Morgan fingerprint density at radius 1 is 1.50 bits per heavy atom. The monoisotopic (exact) mass is 194 g/mol. The van der Waals surface area contributed by atoms with E-state index in [0.29, 0.717) is 0 Å². The molecular formula is C9H14N4O. The van der Waals surface area contributed by atoms with Crippen molar-refractivity contribution in [2.45, 2.75) is 13.8 Å². The molecule has 0 fully saturated rings. The first kappa shape index (κ1) is 12.1. The predicted octanol–water partition coefficient (Wildman–Crippen LogP) is 1.06. The van der Waals surface area contributed by atoms with Crippen LogP contribution in [0.2, 0.25) is 0 Å². The third-order valence-corrected chi connectivity index (χ3v) is 1.27. The van der Waals surface area contributed by atoms with Gasteiger partial charge in [0.15, 0.2) is 5.84 Å². The molecule has 0 aliphatic carbocycles. The Balaban J connectivity index is 4.50. The van der Waals surface area contributed by atoms with Gasteiger partial charge in [-0.3, -0.25) is 20.5 Å². The number of amidine groups is 2. The van der Waals surface area contributed by atoms with Crippen LogP contribution in [0.4, 0.5) is 0 Å². The average Bonchev–Trinajstić information content (AvgIpc) is 2.12. The van der Waals surface area contributed by atoms with Gasteiger partial charge in [-0.25, -0.2) is 0 Å². The number of amides is 1. The molecule has 0 aromatic carbocycles. The number of nitrogens with zero attached hydrogens (tertiary/aromatic N) is 1. The highest BCUT2D eigenvalue weighted by Gasteiger charge is 2.13. The summed E-state index contributed by atoms with van der Waals surface area (Å²) in [5, 5.41) is 16.7. The number of carbonyl (C=O) groups is 1. The van der Waals surface area contributed by atoms with Crippen LogP contribution < -0.4 is 5.32 Å². The Hall–Kier alpha value is -1.91. The number of nitrogens with one attached hydrogen (secondary N) is 3. The first-order chi connectivity index (χ1) is 6.52. The maximum Gasteiger partial charge on any atom is 0.297 e. The van der Waals surface area contributed by atoms with E-state index in [0.717, 1.165) is 4.90 Å². The molecule has 0 atom stereocenters. The zero-order chi connectivity index (χ0) is 11.1. The first-order valence-corrected chi connectivity index (χ1v) is 4.01. The highest BCUT2D eigenvalue weighted by Crippen LogP contribution is 1.92. The molecule has 0 radical (unpaired) electrons. The van der Waals surface area contributed by atoms with Crippen LogP contribution in [0.1, 0.15) is 13.8 Å². The molecule has 0 saturated heterocycles. The predicted molar refractivity (Wildman–Crippen MR) is 56.1 cm³/mol. The van der Waals surface area contributed by atoms with Crippen LogP contribution in [0.5, 0.6) is 0 Å². The molecule has 3 N–H and O–H groups in total. The van der Waals surface area contributed by atoms with E-state index in [1.54, 1.807) is 13.0 Å². The molecule has 5 nitrogen and oxygen atoms in total. The van der Waals surface area contributed by atoms with Crippen molar-refractivity contribution < 1.29 is 4.79 Å². The van der Waals surface area contributed by atoms with Gasteiger partial charge < -0.3 is 5.32 Å². The fourth-order valence-electron chi connectivity index (χ4n) is 0.742. The molecule has 14 heavy (non-hydrogen) atoms. The van der Waals surface area contributed by atoms with Crippen molar-refractivity contribution in [1.29, 1.82) is 10.8 Å². The van der Waals surface area contributed by atoms with E-state index in [-0.39, 0.29) is 11.7 Å². The fraction of sp³-hybridized carbons (Fsp3) is 0.222. The van der Waals surface area contributed by atoms with Gasteiger partial charge in [-0.05, 0) is 13.8 Å². The van der Waals surface area contributed by atoms with Crippen LogP contribution in [0.25, 0.3) is 0 Å². The molecule has 0 aliphatic heterocycles. The second-order valence-electron chi connectivity index (χ2n) is 2.50. The van der Waals surface area contributed by atoms with Gasteiger partial charge in [0, 0.05) is 12.4 Å². The third kappa shape index (κ3) is 3.66. The van der Waals surface area contributed by atoms with Crippen LogP contribution in [0.3, 0.4) is 0 Å². The lowest BCUT2D eigenvalue weighted by Crippen LogP contribution is -2.39. The average molecular weight is 194 g/mol. The summed E-state index contributed by atoms with van der Waals surface area (Å²) in [6.45, 7) is 6.64. The van der Waals surface area contributed by atoms with Gasteiger partial charge >= 0.3 is 0 Å². The van der Waals surface area contributed by atoms with Crippen molar-refractivity contribution in [3.8, 4) is 0 Å². The van der Waals surface area contributed by atoms with Crippen LogP contribution in [0.15, 0.2) is 25.1 Å². The Morgan fingerprint density at radius 2 is 2.07 bits per heavy atom. The lowest BCUT2D eigenvalue weighted by atomic mass is 10.4. The third-order valence-electron chi connectivity index (χ3n) is 1.27. The van der Waals surface area contributed by atoms with Crippen LogP contribution in [-0.4, -0.2) is 22.5 Å². The van der Waals surface area contributed by atoms with E-state index in [4.69, 9.17) is 10.8 Å². The van der Waals surface area contributed by atoms with Gasteiger partial charge in [0.2, 0.25) is 0 Å². The van der Waals surface area contributed by atoms with E-state index in [1.165, 1.54) is 19.3 Å². The van der Waals surface area contributed by atoms with E-state index in [2.05, 4.69) is 11.9 Å². The van der Waals surface area contributed by atoms with Gasteiger partial charge in [-0.15, -0.1) is 0 Å². The van der Waals surface area contributed by atoms with Crippen LogP contribution in [-0.2, 0) is 4.79 Å². The first-order valence-electron chi connectivity index (χ1n) is 4.01. The van der Waals surface area contributed by atoms with Gasteiger partial charge in [0.25, 0.3) is 5.91 Å². The summed E-state index contributed by atoms with van der Waals surface area (Å²) in [6.07, 6.45) is 4.45. The minimum absolute atomic E-state index is 0.0489. The minimum atomic E-state index is -0.551. The largest absolute Gasteiger partial charge is 0.325 e. The zero-order valence-corrected chi connectivity index (χ0v) is 8.29. The quantitative estimate of drug-likeness (QED) is 0.454. The normalized spacial score (nSPS) is 9.57. The van der Waals surface area contributed by atoms with Gasteiger partial charge in [-0.2, -0.15) is 0 Å². The standard InChI is InChI=1S/C9H14N4O/c1-4-6-13(5-2)9(14)8(11)12-7(3)10/h4-6H,2H2,1,3H3,(H3,10,11,12)/b6-4-. The summed E-state index contributed by atoms with van der Waals surface area (Å²) < 4.78 is 0. The summed E-state index contributed by atoms with van der Waals surface area (Å²) in [5.41, 5.74) is 0. The maximum atomic E-state index is 11.4. The number of hydrogen-bond donors (Lipinski definition) is 3. The number of allylic oxidation sites excluding steroid dienone is 1. The molecule has 0 bridgehead atoms. The molecule has 1 amide bonds. The molecule has 0 aliphatic rings. The molecule has 0 heterocycles. The van der Waals surface area contributed by atoms with E-state index in [1.807, 2.05) is 0 Å². The van der Waals surface area contributed by atoms with Crippen LogP contribution in [0, 0.1) is 10.8 Å². The number of rotatable bonds is 2. The van der Waals surface area contributed by atoms with Crippen molar-refractivity contribution >= 4 is 17.6 Å². The summed E-state index contributed by atoms with van der Waals surface area (Å²) in [5.74, 6) is -0.854. The second kappa shape index (κ2) is 5.69. The highest BCUT2D eigenvalue weighted by atomic mass is 16.2. The molecule has 0 saturated carbocycles. The van der Waals surface area contributed by atoms with Crippen LogP contribution >= 0.6 is 0 Å². The summed E-state index contributed by atoms with van der Waals surface area (Å²) >= 11 is 0. The SMILES string of the molecule is C=CN(/C=C\C)C(=O)C(=N)NC(C)=N. The van der Waals surface area contributed by atoms with E-state index < -0.39 is 5.91 Å². The topological polar surface area (TPSA) is 80.0 Å². The number of hydrogen-bond acceptors (Lipinski definition) is 3. The lowest BCUT2D eigenvalue weighted by molar-refractivity contribution is -0.120. The smallest absolute Gasteiger partial charge is 0.297 e. The van der Waals surface area contributed by atoms with Gasteiger partial charge in [0.05, 0.1) is 5.84 Å². The number of carbonyl (C=O) groups excluding carboxylic acids is 1. The van der Waals surface area contributed by atoms with Crippen molar-refractivity contribution in [2.24, 2.45) is 0 Å². The Bertz CT molecular complexity index is 293. The molecule has 76 valence electrons. The highest BCUT2D eigenvalue weighted by molar-refractivity contribution is 6.39. The molecule has 0 spiro atoms. The van der Waals surface area contributed by atoms with Crippen molar-refractivity contribution in [1.82, 2.24) is 10.2 Å². The van der Waals surface area contributed by atoms with Crippen molar-refractivity contribution in [3.05, 3.63) is 25.1 Å². The zero-order valence-electron chi connectivity index (χ0n) is 8.29. The molecule has 5 heteroatoms. The Morgan fingerprint density at radius 3 is 2.43 bits per heavy atom. The van der Waals surface area contributed by atoms with Crippen molar-refractivity contribution in [3.63, 3.8) is 0 Å².